The van der Waals surface area contributed by atoms with Crippen LogP contribution < -0.4 is 5.32 Å². The van der Waals surface area contributed by atoms with Gasteiger partial charge in [0.25, 0.3) is 0 Å². The highest BCUT2D eigenvalue weighted by Crippen LogP contribution is 2.22. The molecule has 0 aliphatic heterocycles. The fourth-order valence-corrected chi connectivity index (χ4v) is 2.57. The molecule has 0 radical (unpaired) electrons. The summed E-state index contributed by atoms with van der Waals surface area (Å²) in [6.45, 7) is 2.73. The van der Waals surface area contributed by atoms with Crippen molar-refractivity contribution in [1.29, 1.82) is 5.26 Å². The second-order valence-corrected chi connectivity index (χ2v) is 5.73. The number of nitriles is 1. The van der Waals surface area contributed by atoms with E-state index in [1.165, 1.54) is 17.2 Å². The number of nitrogens with one attached hydrogen (secondary N) is 1. The van der Waals surface area contributed by atoms with Gasteiger partial charge in [0.15, 0.2) is 0 Å². The van der Waals surface area contributed by atoms with E-state index in [1.54, 1.807) is 12.1 Å². The first kappa shape index (κ1) is 17.0. The van der Waals surface area contributed by atoms with Crippen molar-refractivity contribution in [3.63, 3.8) is 0 Å². The zero-order chi connectivity index (χ0) is 16.8. The van der Waals surface area contributed by atoms with E-state index in [0.29, 0.717) is 12.2 Å². The summed E-state index contributed by atoms with van der Waals surface area (Å²) in [5.74, 6) is -0.494. The molecule has 0 saturated carbocycles. The predicted octanol–water partition coefficient (Wildman–Crippen LogP) is 3.97. The molecule has 4 heteroatoms. The van der Waals surface area contributed by atoms with Crippen molar-refractivity contribution in [2.45, 2.75) is 19.4 Å². The predicted molar refractivity (Wildman–Crippen MR) is 91.9 cm³/mol. The molecular weight excluding hydrogens is 289 g/mol. The summed E-state index contributed by atoms with van der Waals surface area (Å²) < 4.78 is 13.7. The first-order chi connectivity index (χ1) is 11.1. The lowest BCUT2D eigenvalue weighted by atomic mass is 10.0. The number of anilines is 1. The highest BCUT2D eigenvalue weighted by molar-refractivity contribution is 5.58. The van der Waals surface area contributed by atoms with E-state index in [1.807, 2.05) is 20.2 Å². The van der Waals surface area contributed by atoms with Crippen molar-refractivity contribution < 1.29 is 4.39 Å². The number of hydrogen-bond acceptors (Lipinski definition) is 3. The first-order valence-electron chi connectivity index (χ1n) is 7.74. The molecular formula is C19H22FN3. The fourth-order valence-electron chi connectivity index (χ4n) is 2.57. The Morgan fingerprint density at radius 3 is 2.43 bits per heavy atom. The van der Waals surface area contributed by atoms with Gasteiger partial charge in [-0.05, 0) is 43.8 Å². The molecule has 2 rings (SSSR count). The van der Waals surface area contributed by atoms with Gasteiger partial charge in [0.2, 0.25) is 0 Å². The van der Waals surface area contributed by atoms with Gasteiger partial charge < -0.3 is 10.2 Å². The zero-order valence-corrected chi connectivity index (χ0v) is 13.8. The summed E-state index contributed by atoms with van der Waals surface area (Å²) >= 11 is 0. The van der Waals surface area contributed by atoms with Crippen molar-refractivity contribution in [1.82, 2.24) is 4.90 Å². The van der Waals surface area contributed by atoms with E-state index in [0.717, 1.165) is 6.42 Å². The van der Waals surface area contributed by atoms with E-state index >= 15 is 0 Å². The minimum Gasteiger partial charge on any atom is -0.382 e. The van der Waals surface area contributed by atoms with Gasteiger partial charge in [0, 0.05) is 6.54 Å². The van der Waals surface area contributed by atoms with Gasteiger partial charge in [-0.15, -0.1) is 0 Å². The van der Waals surface area contributed by atoms with E-state index in [2.05, 4.69) is 41.4 Å². The van der Waals surface area contributed by atoms with Crippen LogP contribution in [0.1, 0.15) is 29.7 Å². The fraction of sp³-hybridized carbons (Fsp3) is 0.316. The average molecular weight is 311 g/mol. The second kappa shape index (κ2) is 7.75. The van der Waals surface area contributed by atoms with Gasteiger partial charge in [0.1, 0.15) is 17.4 Å². The Morgan fingerprint density at radius 2 is 1.87 bits per heavy atom. The van der Waals surface area contributed by atoms with E-state index < -0.39 is 5.82 Å². The average Bonchev–Trinajstić information content (AvgIpc) is 2.55. The summed E-state index contributed by atoms with van der Waals surface area (Å²) in [6, 6.07) is 15.2. The van der Waals surface area contributed by atoms with E-state index in [4.69, 9.17) is 5.26 Å². The molecule has 2 aromatic carbocycles. The van der Waals surface area contributed by atoms with Crippen LogP contribution in [0.15, 0.2) is 42.5 Å². The Labute approximate surface area is 137 Å². The van der Waals surface area contributed by atoms with Gasteiger partial charge in [-0.3, -0.25) is 0 Å². The van der Waals surface area contributed by atoms with Gasteiger partial charge in [0.05, 0.1) is 11.7 Å². The van der Waals surface area contributed by atoms with E-state index in [9.17, 15) is 4.39 Å². The lowest BCUT2D eigenvalue weighted by molar-refractivity contribution is 0.312. The molecule has 1 unspecified atom stereocenters. The molecule has 0 aliphatic carbocycles. The molecule has 0 amide bonds. The van der Waals surface area contributed by atoms with Crippen LogP contribution in [0.3, 0.4) is 0 Å². The SMILES string of the molecule is CCc1ccc(C(CNc2cccc(F)c2C#N)N(C)C)cc1. The minimum atomic E-state index is -0.494. The molecule has 23 heavy (non-hydrogen) atoms. The topological polar surface area (TPSA) is 39.1 Å². The van der Waals surface area contributed by atoms with Crippen molar-refractivity contribution in [2.75, 3.05) is 26.0 Å². The molecule has 0 aromatic heterocycles. The van der Waals surface area contributed by atoms with Crippen LogP contribution in [0.2, 0.25) is 0 Å². The molecule has 3 nitrogen and oxygen atoms in total. The van der Waals surface area contributed by atoms with Crippen molar-refractivity contribution in [3.8, 4) is 6.07 Å². The Kier molecular flexibility index (Phi) is 5.72. The van der Waals surface area contributed by atoms with Crippen LogP contribution in [0, 0.1) is 17.1 Å². The number of aryl methyl sites for hydroxylation is 1. The normalized spacial score (nSPS) is 12.0. The molecule has 1 N–H and O–H groups in total. The molecule has 0 spiro atoms. The second-order valence-electron chi connectivity index (χ2n) is 5.73. The van der Waals surface area contributed by atoms with Gasteiger partial charge >= 0.3 is 0 Å². The maximum absolute atomic E-state index is 13.7. The summed E-state index contributed by atoms with van der Waals surface area (Å²) in [7, 11) is 4.02. The minimum absolute atomic E-state index is 0.0614. The lowest BCUT2D eigenvalue weighted by Gasteiger charge is -2.26. The summed E-state index contributed by atoms with van der Waals surface area (Å²) in [6.07, 6.45) is 1.01. The molecule has 1 atom stereocenters. The number of halogens is 1. The van der Waals surface area contributed by atoms with Crippen LogP contribution in [0.4, 0.5) is 10.1 Å². The molecule has 0 saturated heterocycles. The molecule has 0 fully saturated rings. The van der Waals surface area contributed by atoms with Gasteiger partial charge in [-0.25, -0.2) is 4.39 Å². The number of nitrogens with zero attached hydrogens (tertiary/aromatic N) is 2. The summed E-state index contributed by atoms with van der Waals surface area (Å²) in [5, 5.41) is 12.3. The maximum Gasteiger partial charge on any atom is 0.143 e. The first-order valence-corrected chi connectivity index (χ1v) is 7.74. The van der Waals surface area contributed by atoms with Crippen molar-refractivity contribution in [3.05, 3.63) is 65.0 Å². The van der Waals surface area contributed by atoms with Gasteiger partial charge in [-0.1, -0.05) is 37.3 Å². The summed E-state index contributed by atoms with van der Waals surface area (Å²) in [5.41, 5.74) is 3.08. The van der Waals surface area contributed by atoms with Crippen LogP contribution in [0.25, 0.3) is 0 Å². The Balaban J connectivity index is 2.18. The van der Waals surface area contributed by atoms with Crippen LogP contribution >= 0.6 is 0 Å². The Hall–Kier alpha value is -2.38. The van der Waals surface area contributed by atoms with Crippen LogP contribution in [0.5, 0.6) is 0 Å². The smallest absolute Gasteiger partial charge is 0.143 e. The number of benzene rings is 2. The van der Waals surface area contributed by atoms with E-state index in [-0.39, 0.29) is 11.6 Å². The number of likely N-dealkylation sites (N-methyl/N-ethyl adjacent to an activating group) is 1. The number of rotatable bonds is 6. The van der Waals surface area contributed by atoms with Gasteiger partial charge in [-0.2, -0.15) is 5.26 Å². The molecule has 120 valence electrons. The monoisotopic (exact) mass is 311 g/mol. The molecule has 0 heterocycles. The van der Waals surface area contributed by atoms with Crippen molar-refractivity contribution >= 4 is 5.69 Å². The highest BCUT2D eigenvalue weighted by atomic mass is 19.1. The third-order valence-corrected chi connectivity index (χ3v) is 4.01. The molecule has 2 aromatic rings. The standard InChI is InChI=1S/C19H22FN3/c1-4-14-8-10-15(11-9-14)19(23(2)3)13-22-18-7-5-6-17(20)16(18)12-21/h5-11,19,22H,4,13H2,1-3H3. The Morgan fingerprint density at radius 1 is 1.17 bits per heavy atom. The van der Waals surface area contributed by atoms with Crippen molar-refractivity contribution in [2.24, 2.45) is 0 Å². The third kappa shape index (κ3) is 4.08. The van der Waals surface area contributed by atoms with Crippen LogP contribution in [-0.2, 0) is 6.42 Å². The zero-order valence-electron chi connectivity index (χ0n) is 13.8. The Bertz CT molecular complexity index is 687. The quantitative estimate of drug-likeness (QED) is 0.877. The number of hydrogen-bond donors (Lipinski definition) is 1. The highest BCUT2D eigenvalue weighted by Gasteiger charge is 2.15. The van der Waals surface area contributed by atoms with Crippen LogP contribution in [-0.4, -0.2) is 25.5 Å². The maximum atomic E-state index is 13.7. The molecule has 0 aliphatic rings. The summed E-state index contributed by atoms with van der Waals surface area (Å²) in [4.78, 5) is 2.11. The largest absolute Gasteiger partial charge is 0.382 e. The lowest BCUT2D eigenvalue weighted by Crippen LogP contribution is -2.27. The molecule has 0 bridgehead atoms. The third-order valence-electron chi connectivity index (χ3n) is 4.01.